The zero-order chi connectivity index (χ0) is 15.7. The summed E-state index contributed by atoms with van der Waals surface area (Å²) in [7, 11) is 0. The SMILES string of the molecule is CC(=O)Oc1ccc2ccc3ccccc3c2c1OC(C)=O. The molecule has 0 amide bonds. The summed E-state index contributed by atoms with van der Waals surface area (Å²) < 4.78 is 10.5. The van der Waals surface area contributed by atoms with Crippen LogP contribution in [0.2, 0.25) is 0 Å². The van der Waals surface area contributed by atoms with Crippen LogP contribution in [0.4, 0.5) is 0 Å². The summed E-state index contributed by atoms with van der Waals surface area (Å²) >= 11 is 0. The lowest BCUT2D eigenvalue weighted by Crippen LogP contribution is -2.07. The summed E-state index contributed by atoms with van der Waals surface area (Å²) in [6.45, 7) is 2.63. The first kappa shape index (κ1) is 14.1. The standard InChI is InChI=1S/C18H14O4/c1-11(19)21-16-10-9-14-8-7-13-5-3-4-6-15(13)17(14)18(16)22-12(2)20/h3-10H,1-2H3. The van der Waals surface area contributed by atoms with Crippen molar-refractivity contribution in [3.05, 3.63) is 48.5 Å². The van der Waals surface area contributed by atoms with Gasteiger partial charge in [0, 0.05) is 19.2 Å². The third-order valence-corrected chi connectivity index (χ3v) is 3.33. The topological polar surface area (TPSA) is 52.6 Å². The highest BCUT2D eigenvalue weighted by atomic mass is 16.6. The molecule has 0 spiro atoms. The lowest BCUT2D eigenvalue weighted by atomic mass is 10.0. The maximum Gasteiger partial charge on any atom is 0.308 e. The number of benzene rings is 3. The first-order valence-electron chi connectivity index (χ1n) is 6.87. The Morgan fingerprint density at radius 1 is 0.773 bits per heavy atom. The van der Waals surface area contributed by atoms with Crippen LogP contribution in [0.5, 0.6) is 11.5 Å². The number of hydrogen-bond donors (Lipinski definition) is 0. The highest BCUT2D eigenvalue weighted by Crippen LogP contribution is 2.40. The van der Waals surface area contributed by atoms with Gasteiger partial charge in [-0.3, -0.25) is 9.59 Å². The van der Waals surface area contributed by atoms with Gasteiger partial charge in [0.1, 0.15) is 0 Å². The van der Waals surface area contributed by atoms with Gasteiger partial charge in [0.2, 0.25) is 0 Å². The molecular weight excluding hydrogens is 280 g/mol. The van der Waals surface area contributed by atoms with E-state index in [9.17, 15) is 9.59 Å². The fourth-order valence-corrected chi connectivity index (χ4v) is 2.53. The van der Waals surface area contributed by atoms with Crippen molar-refractivity contribution >= 4 is 33.5 Å². The Morgan fingerprint density at radius 3 is 2.14 bits per heavy atom. The molecule has 0 fully saturated rings. The van der Waals surface area contributed by atoms with Crippen molar-refractivity contribution in [3.63, 3.8) is 0 Å². The number of hydrogen-bond acceptors (Lipinski definition) is 4. The number of carbonyl (C=O) groups is 2. The molecule has 3 aromatic rings. The van der Waals surface area contributed by atoms with Crippen LogP contribution in [0.1, 0.15) is 13.8 Å². The fraction of sp³-hybridized carbons (Fsp3) is 0.111. The average molecular weight is 294 g/mol. The van der Waals surface area contributed by atoms with E-state index in [0.717, 1.165) is 21.5 Å². The van der Waals surface area contributed by atoms with Gasteiger partial charge in [-0.25, -0.2) is 0 Å². The van der Waals surface area contributed by atoms with Crippen molar-refractivity contribution < 1.29 is 19.1 Å². The van der Waals surface area contributed by atoms with E-state index in [4.69, 9.17) is 9.47 Å². The van der Waals surface area contributed by atoms with Crippen molar-refractivity contribution in [1.29, 1.82) is 0 Å². The van der Waals surface area contributed by atoms with E-state index in [1.165, 1.54) is 13.8 Å². The minimum Gasteiger partial charge on any atom is -0.423 e. The van der Waals surface area contributed by atoms with Crippen LogP contribution < -0.4 is 9.47 Å². The molecule has 0 bridgehead atoms. The van der Waals surface area contributed by atoms with E-state index >= 15 is 0 Å². The predicted molar refractivity (Wildman–Crippen MR) is 84.1 cm³/mol. The molecule has 0 saturated heterocycles. The normalized spacial score (nSPS) is 10.6. The number of rotatable bonds is 2. The van der Waals surface area contributed by atoms with E-state index in [1.54, 1.807) is 6.07 Å². The van der Waals surface area contributed by atoms with Gasteiger partial charge in [0.25, 0.3) is 0 Å². The molecule has 0 aromatic heterocycles. The van der Waals surface area contributed by atoms with E-state index < -0.39 is 11.9 Å². The van der Waals surface area contributed by atoms with Crippen LogP contribution in [-0.2, 0) is 9.59 Å². The Morgan fingerprint density at radius 2 is 1.41 bits per heavy atom. The molecular formula is C18H14O4. The summed E-state index contributed by atoms with van der Waals surface area (Å²) in [5, 5.41) is 3.62. The third kappa shape index (κ3) is 2.51. The summed E-state index contributed by atoms with van der Waals surface area (Å²) in [4.78, 5) is 22.8. The number of ether oxygens (including phenoxy) is 2. The van der Waals surface area contributed by atoms with E-state index in [2.05, 4.69) is 0 Å². The molecule has 110 valence electrons. The summed E-state index contributed by atoms with van der Waals surface area (Å²) in [5.74, 6) is -0.412. The predicted octanol–water partition coefficient (Wildman–Crippen LogP) is 3.84. The first-order valence-corrected chi connectivity index (χ1v) is 6.87. The average Bonchev–Trinajstić information content (AvgIpc) is 2.48. The van der Waals surface area contributed by atoms with E-state index in [-0.39, 0.29) is 11.5 Å². The number of carbonyl (C=O) groups excluding carboxylic acids is 2. The lowest BCUT2D eigenvalue weighted by molar-refractivity contribution is -0.134. The number of fused-ring (bicyclic) bond motifs is 3. The van der Waals surface area contributed by atoms with Gasteiger partial charge in [-0.05, 0) is 22.2 Å². The molecule has 4 heteroatoms. The van der Waals surface area contributed by atoms with Gasteiger partial charge in [0.05, 0.1) is 0 Å². The van der Waals surface area contributed by atoms with Crippen LogP contribution in [0.3, 0.4) is 0 Å². The van der Waals surface area contributed by atoms with Crippen LogP contribution in [-0.4, -0.2) is 11.9 Å². The van der Waals surface area contributed by atoms with E-state index in [1.807, 2.05) is 42.5 Å². The Balaban J connectivity index is 2.40. The van der Waals surface area contributed by atoms with Crippen molar-refractivity contribution in [3.8, 4) is 11.5 Å². The molecule has 22 heavy (non-hydrogen) atoms. The fourth-order valence-electron chi connectivity index (χ4n) is 2.53. The minimum absolute atomic E-state index is 0.242. The molecule has 0 saturated carbocycles. The van der Waals surface area contributed by atoms with Gasteiger partial charge in [-0.2, -0.15) is 0 Å². The molecule has 0 aliphatic carbocycles. The Kier molecular flexibility index (Phi) is 3.51. The van der Waals surface area contributed by atoms with Crippen molar-refractivity contribution in [1.82, 2.24) is 0 Å². The summed E-state index contributed by atoms with van der Waals surface area (Å²) in [6.07, 6.45) is 0. The largest absolute Gasteiger partial charge is 0.423 e. The van der Waals surface area contributed by atoms with Crippen LogP contribution in [0.25, 0.3) is 21.5 Å². The van der Waals surface area contributed by atoms with Gasteiger partial charge in [0.15, 0.2) is 11.5 Å². The summed E-state index contributed by atoms with van der Waals surface area (Å²) in [5.41, 5.74) is 0. The highest BCUT2D eigenvalue weighted by molar-refractivity contribution is 6.12. The Hall–Kier alpha value is -2.88. The zero-order valence-electron chi connectivity index (χ0n) is 12.3. The van der Waals surface area contributed by atoms with Crippen LogP contribution in [0.15, 0.2) is 48.5 Å². The molecule has 0 heterocycles. The molecule has 3 rings (SSSR count). The second-order valence-corrected chi connectivity index (χ2v) is 4.96. The van der Waals surface area contributed by atoms with E-state index in [0.29, 0.717) is 0 Å². The Bertz CT molecular complexity index is 896. The van der Waals surface area contributed by atoms with Crippen LogP contribution >= 0.6 is 0 Å². The zero-order valence-corrected chi connectivity index (χ0v) is 12.3. The quantitative estimate of drug-likeness (QED) is 0.409. The summed E-state index contributed by atoms with van der Waals surface area (Å²) in [6, 6.07) is 15.2. The van der Waals surface area contributed by atoms with Crippen molar-refractivity contribution in [2.45, 2.75) is 13.8 Å². The van der Waals surface area contributed by atoms with Gasteiger partial charge in [-0.15, -0.1) is 0 Å². The van der Waals surface area contributed by atoms with Crippen LogP contribution in [0, 0.1) is 0 Å². The molecule has 0 N–H and O–H groups in total. The van der Waals surface area contributed by atoms with Gasteiger partial charge >= 0.3 is 11.9 Å². The molecule has 0 atom stereocenters. The third-order valence-electron chi connectivity index (χ3n) is 3.33. The Labute approximate surface area is 127 Å². The minimum atomic E-state index is -0.465. The maximum absolute atomic E-state index is 11.5. The van der Waals surface area contributed by atoms with Gasteiger partial charge < -0.3 is 9.47 Å². The van der Waals surface area contributed by atoms with Gasteiger partial charge in [-0.1, -0.05) is 42.5 Å². The lowest BCUT2D eigenvalue weighted by Gasteiger charge is -2.13. The molecule has 3 aromatic carbocycles. The first-order chi connectivity index (χ1) is 10.6. The molecule has 0 unspecified atom stereocenters. The second-order valence-electron chi connectivity index (χ2n) is 4.96. The monoisotopic (exact) mass is 294 g/mol. The highest BCUT2D eigenvalue weighted by Gasteiger charge is 2.16. The molecule has 4 nitrogen and oxygen atoms in total. The number of esters is 2. The second kappa shape index (κ2) is 5.48. The molecule has 0 aliphatic rings. The smallest absolute Gasteiger partial charge is 0.308 e. The molecule has 0 radical (unpaired) electrons. The molecule has 0 aliphatic heterocycles. The van der Waals surface area contributed by atoms with Crippen molar-refractivity contribution in [2.24, 2.45) is 0 Å². The van der Waals surface area contributed by atoms with Crippen molar-refractivity contribution in [2.75, 3.05) is 0 Å². The maximum atomic E-state index is 11.5.